The molecule has 4 rings (SSSR count). The number of halogens is 1. The third kappa shape index (κ3) is 8.14. The number of methoxy groups -OCH3 is 1. The molecule has 240 valence electrons. The molecule has 4 atom stereocenters. The lowest BCUT2D eigenvalue weighted by Crippen LogP contribution is -2.56. The number of pyridine rings is 1. The van der Waals surface area contributed by atoms with Crippen molar-refractivity contribution in [1.82, 2.24) is 4.98 Å². The van der Waals surface area contributed by atoms with E-state index < -0.39 is 47.6 Å². The van der Waals surface area contributed by atoms with Crippen molar-refractivity contribution in [2.24, 2.45) is 0 Å². The molecule has 0 saturated carbocycles. The van der Waals surface area contributed by atoms with Gasteiger partial charge in [-0.15, -0.1) is 0 Å². The number of nitriles is 1. The molecule has 1 aromatic heterocycles. The summed E-state index contributed by atoms with van der Waals surface area (Å²) < 4.78 is 27.5. The number of amides is 1. The molecule has 12 nitrogen and oxygen atoms in total. The van der Waals surface area contributed by atoms with E-state index in [0.717, 1.165) is 11.8 Å². The van der Waals surface area contributed by atoms with Gasteiger partial charge in [-0.2, -0.15) is 5.26 Å². The van der Waals surface area contributed by atoms with Crippen molar-refractivity contribution in [2.45, 2.75) is 56.5 Å². The maximum Gasteiger partial charge on any atom is 0.303 e. The number of nitrogens with one attached hydrogen (secondary N) is 1. The lowest BCUT2D eigenvalue weighted by atomic mass is 9.94. The van der Waals surface area contributed by atoms with Crippen molar-refractivity contribution >= 4 is 52.9 Å². The van der Waals surface area contributed by atoms with Crippen LogP contribution >= 0.6 is 23.4 Å². The fourth-order valence-electron chi connectivity index (χ4n) is 4.84. The summed E-state index contributed by atoms with van der Waals surface area (Å²) in [5.74, 6) is -2.02. The van der Waals surface area contributed by atoms with E-state index in [1.165, 1.54) is 27.9 Å². The van der Waals surface area contributed by atoms with Gasteiger partial charge in [-0.05, 0) is 48.9 Å². The van der Waals surface area contributed by atoms with Gasteiger partial charge >= 0.3 is 17.9 Å². The first kappa shape index (κ1) is 34.2. The van der Waals surface area contributed by atoms with Crippen molar-refractivity contribution in [3.63, 3.8) is 0 Å². The summed E-state index contributed by atoms with van der Waals surface area (Å²) in [7, 11) is 1.52. The summed E-state index contributed by atoms with van der Waals surface area (Å²) in [5, 5.41) is 14.0. The number of hydrogen-bond acceptors (Lipinski definition) is 12. The van der Waals surface area contributed by atoms with Crippen LogP contribution in [-0.2, 0) is 33.3 Å². The van der Waals surface area contributed by atoms with Crippen LogP contribution in [0.5, 0.6) is 5.75 Å². The molecule has 1 amide bonds. The molecule has 3 aromatic rings. The van der Waals surface area contributed by atoms with Crippen molar-refractivity contribution in [1.29, 1.82) is 5.26 Å². The molecule has 14 heteroatoms. The van der Waals surface area contributed by atoms with Crippen LogP contribution in [0.25, 0.3) is 11.1 Å². The predicted octanol–water partition coefficient (Wildman–Crippen LogP) is 5.09. The van der Waals surface area contributed by atoms with Gasteiger partial charge in [0.1, 0.15) is 22.3 Å². The number of hydrogen-bond donors (Lipinski definition) is 1. The van der Waals surface area contributed by atoms with Crippen molar-refractivity contribution < 1.29 is 42.9 Å². The molecule has 2 aromatic carbocycles. The second kappa shape index (κ2) is 15.1. The van der Waals surface area contributed by atoms with E-state index in [1.807, 2.05) is 0 Å². The van der Waals surface area contributed by atoms with Gasteiger partial charge in [0.05, 0.1) is 30.5 Å². The molecule has 1 aliphatic rings. The van der Waals surface area contributed by atoms with Crippen LogP contribution in [0.3, 0.4) is 0 Å². The molecule has 0 radical (unpaired) electrons. The number of aromatic nitrogens is 1. The number of carbonyl (C=O) groups excluding carboxylic acids is 4. The van der Waals surface area contributed by atoms with Crippen LogP contribution in [0.1, 0.15) is 42.4 Å². The monoisotopic (exact) mass is 667 g/mol. The molecule has 0 spiro atoms. The number of carbonyl (C=O) groups is 4. The first-order valence-corrected chi connectivity index (χ1v) is 15.1. The summed E-state index contributed by atoms with van der Waals surface area (Å²) in [6.45, 7) is 4.94. The third-order valence-electron chi connectivity index (χ3n) is 6.70. The summed E-state index contributed by atoms with van der Waals surface area (Å²) in [6.07, 6.45) is -3.54. The lowest BCUT2D eigenvalue weighted by Gasteiger charge is -2.40. The number of esters is 3. The fraction of sp³-hybridized carbons (Fsp3) is 0.312. The van der Waals surface area contributed by atoms with Gasteiger partial charge in [-0.1, -0.05) is 35.5 Å². The number of rotatable bonds is 9. The number of ether oxygens (including phenoxy) is 5. The number of benzene rings is 2. The van der Waals surface area contributed by atoms with E-state index in [2.05, 4.69) is 16.4 Å². The molecule has 1 saturated heterocycles. The van der Waals surface area contributed by atoms with Crippen LogP contribution in [-0.4, -0.2) is 66.3 Å². The zero-order valence-electron chi connectivity index (χ0n) is 25.5. The van der Waals surface area contributed by atoms with Gasteiger partial charge in [0.2, 0.25) is 0 Å². The van der Waals surface area contributed by atoms with Gasteiger partial charge in [0.15, 0.2) is 18.3 Å². The Kier molecular flexibility index (Phi) is 11.2. The van der Waals surface area contributed by atoms with Gasteiger partial charge in [0.25, 0.3) is 5.91 Å². The van der Waals surface area contributed by atoms with E-state index in [-0.39, 0.29) is 28.5 Å². The van der Waals surface area contributed by atoms with Gasteiger partial charge in [0, 0.05) is 37.0 Å². The van der Waals surface area contributed by atoms with Crippen LogP contribution in [0, 0.1) is 18.3 Å². The molecule has 1 aliphatic heterocycles. The van der Waals surface area contributed by atoms with Gasteiger partial charge in [-0.3, -0.25) is 19.2 Å². The van der Waals surface area contributed by atoms with Crippen LogP contribution < -0.4 is 10.1 Å². The normalized spacial score (nSPS) is 18.9. The Balaban J connectivity index is 1.83. The van der Waals surface area contributed by atoms with Gasteiger partial charge < -0.3 is 29.0 Å². The van der Waals surface area contributed by atoms with Crippen LogP contribution in [0.15, 0.2) is 53.6 Å². The summed E-state index contributed by atoms with van der Waals surface area (Å²) in [5.41, 5.74) is 0.711. The molecular formula is C32H30ClN3O9S. The topological polar surface area (TPSA) is 163 Å². The zero-order chi connectivity index (χ0) is 33.5. The van der Waals surface area contributed by atoms with Crippen molar-refractivity contribution in [3.05, 3.63) is 70.4 Å². The van der Waals surface area contributed by atoms with Crippen LogP contribution in [0.4, 0.5) is 5.69 Å². The lowest BCUT2D eigenvalue weighted by molar-refractivity contribution is -0.213. The van der Waals surface area contributed by atoms with E-state index in [9.17, 15) is 24.4 Å². The quantitative estimate of drug-likeness (QED) is 0.238. The van der Waals surface area contributed by atoms with E-state index in [4.69, 9.17) is 35.3 Å². The molecule has 0 aliphatic carbocycles. The molecular weight excluding hydrogens is 638 g/mol. The van der Waals surface area contributed by atoms with E-state index >= 15 is 0 Å². The zero-order valence-corrected chi connectivity index (χ0v) is 27.1. The number of aryl methyl sites for hydroxylation is 1. The molecule has 0 unspecified atom stereocenters. The Morgan fingerprint density at radius 1 is 0.957 bits per heavy atom. The van der Waals surface area contributed by atoms with E-state index in [1.54, 1.807) is 55.5 Å². The Hall–Kier alpha value is -4.64. The smallest absolute Gasteiger partial charge is 0.303 e. The average Bonchev–Trinajstić information content (AvgIpc) is 3.00. The SMILES string of the molecule is COc1ccc(-c2c(C#N)c(S[C@@H]3OC[C@H](OC(C)=O)[C@H](OC(C)=O)[C@H]3OC(C)=O)nc(C)c2C(=O)Nc2ccc(Cl)cc2)cc1. The highest BCUT2D eigenvalue weighted by molar-refractivity contribution is 7.99. The fourth-order valence-corrected chi connectivity index (χ4v) is 6.13. The maximum absolute atomic E-state index is 13.8. The minimum Gasteiger partial charge on any atom is -0.497 e. The van der Waals surface area contributed by atoms with Crippen molar-refractivity contribution in [2.75, 3.05) is 19.0 Å². The minimum absolute atomic E-state index is 0.0401. The van der Waals surface area contributed by atoms with Crippen LogP contribution in [0.2, 0.25) is 5.02 Å². The maximum atomic E-state index is 13.8. The Morgan fingerprint density at radius 2 is 1.57 bits per heavy atom. The molecule has 1 N–H and O–H groups in total. The number of nitrogens with zero attached hydrogens (tertiary/aromatic N) is 2. The Bertz CT molecular complexity index is 1680. The Morgan fingerprint density at radius 3 is 2.13 bits per heavy atom. The van der Waals surface area contributed by atoms with Crippen molar-refractivity contribution in [3.8, 4) is 22.9 Å². The summed E-state index contributed by atoms with van der Waals surface area (Å²) in [6, 6.07) is 15.5. The second-order valence-corrected chi connectivity index (χ2v) is 11.6. The standard InChI is InChI=1S/C32H30ClN3O9S/c1-16-26(30(40)36-22-10-8-21(33)9-11-22)27(20-6-12-23(41-5)13-7-20)24(14-34)31(35-16)46-32-29(45-19(4)39)28(44-18(3)38)25(15-42-32)43-17(2)37/h6-13,25,28-29,32H,15H2,1-5H3,(H,36,40)/t25-,28-,29+,32-/m0/s1. The highest BCUT2D eigenvalue weighted by Crippen LogP contribution is 2.40. The minimum atomic E-state index is -1.25. The third-order valence-corrected chi connectivity index (χ3v) is 8.10. The van der Waals surface area contributed by atoms with Gasteiger partial charge in [-0.25, -0.2) is 4.98 Å². The molecule has 46 heavy (non-hydrogen) atoms. The number of anilines is 1. The first-order chi connectivity index (χ1) is 21.9. The highest BCUT2D eigenvalue weighted by atomic mass is 35.5. The largest absolute Gasteiger partial charge is 0.497 e. The molecule has 2 heterocycles. The average molecular weight is 668 g/mol. The molecule has 0 bridgehead atoms. The Labute approximate surface area is 274 Å². The summed E-state index contributed by atoms with van der Waals surface area (Å²) >= 11 is 6.94. The summed E-state index contributed by atoms with van der Waals surface area (Å²) in [4.78, 5) is 54.3. The predicted molar refractivity (Wildman–Crippen MR) is 167 cm³/mol. The number of thioether (sulfide) groups is 1. The molecule has 1 fully saturated rings. The van der Waals surface area contributed by atoms with E-state index in [0.29, 0.717) is 27.6 Å². The second-order valence-electron chi connectivity index (χ2n) is 10.0. The highest BCUT2D eigenvalue weighted by Gasteiger charge is 2.47. The first-order valence-electron chi connectivity index (χ1n) is 13.9.